The number of hydrogen-bond acceptors (Lipinski definition) is 7. The van der Waals surface area contributed by atoms with Gasteiger partial charge in [-0.3, -0.25) is 14.9 Å². The SMILES string of the molecule is O=C(N[C@@H](CCN1CC2C(C1)C2(F)F)CC1=NNNN1)c1cc(-c2ccccc2C(F)(F)F)n(C2CCCC2)n1. The Hall–Kier alpha value is -3.26. The summed E-state index contributed by atoms with van der Waals surface area (Å²) in [5.41, 5.74) is 7.55. The lowest BCUT2D eigenvalue weighted by atomic mass is 10.0. The van der Waals surface area contributed by atoms with Crippen LogP contribution in [0.25, 0.3) is 11.3 Å². The van der Waals surface area contributed by atoms with Crippen LogP contribution in [0.5, 0.6) is 0 Å². The van der Waals surface area contributed by atoms with E-state index in [1.54, 1.807) is 10.7 Å². The lowest BCUT2D eigenvalue weighted by Crippen LogP contribution is -2.43. The molecule has 2 aliphatic heterocycles. The standard InChI is InChI=1S/C26H31F5N8O/c27-25(28)19-13-38(14-20(19)25)10-9-15(11-23-33-36-37-34-23)32-24(40)21-12-22(39(35-21)16-5-1-2-6-16)17-7-3-4-8-18(17)26(29,30)31/h3-4,7-8,12,15-16,19-20,36-37H,1-2,5-6,9-11,13-14H2,(H,32,40)(H,33,34)/t15-,19?,20?/m0/s1. The number of alkyl halides is 5. The van der Waals surface area contributed by atoms with E-state index in [0.29, 0.717) is 38.3 Å². The van der Waals surface area contributed by atoms with E-state index in [9.17, 15) is 26.7 Å². The summed E-state index contributed by atoms with van der Waals surface area (Å²) < 4.78 is 70.4. The molecule has 0 spiro atoms. The smallest absolute Gasteiger partial charge is 0.347 e. The molecular weight excluding hydrogens is 535 g/mol. The van der Waals surface area contributed by atoms with Gasteiger partial charge in [0.1, 0.15) is 5.84 Å². The Labute approximate surface area is 227 Å². The van der Waals surface area contributed by atoms with Crippen molar-refractivity contribution < 1.29 is 26.7 Å². The van der Waals surface area contributed by atoms with Gasteiger partial charge in [0, 0.05) is 49.5 Å². The van der Waals surface area contributed by atoms with Crippen LogP contribution in [0.3, 0.4) is 0 Å². The van der Waals surface area contributed by atoms with Crippen molar-refractivity contribution in [3.63, 3.8) is 0 Å². The first-order chi connectivity index (χ1) is 19.1. The van der Waals surface area contributed by atoms with E-state index in [0.717, 1.165) is 31.7 Å². The number of aromatic nitrogens is 2. The molecule has 4 aliphatic rings. The van der Waals surface area contributed by atoms with E-state index in [1.165, 1.54) is 18.2 Å². The molecule has 6 rings (SSSR count). The zero-order valence-corrected chi connectivity index (χ0v) is 21.6. The van der Waals surface area contributed by atoms with Gasteiger partial charge in [-0.2, -0.15) is 18.3 Å². The molecule has 3 heterocycles. The van der Waals surface area contributed by atoms with Crippen LogP contribution in [0.4, 0.5) is 22.0 Å². The van der Waals surface area contributed by atoms with Crippen LogP contribution in [0, 0.1) is 11.8 Å². The van der Waals surface area contributed by atoms with Gasteiger partial charge >= 0.3 is 6.18 Å². The molecule has 3 atom stereocenters. The first-order valence-electron chi connectivity index (χ1n) is 13.6. The Morgan fingerprint density at radius 1 is 1.15 bits per heavy atom. The summed E-state index contributed by atoms with van der Waals surface area (Å²) in [5.74, 6) is -3.70. The third-order valence-electron chi connectivity index (χ3n) is 8.44. The molecule has 14 heteroatoms. The van der Waals surface area contributed by atoms with Gasteiger partial charge < -0.3 is 10.2 Å². The lowest BCUT2D eigenvalue weighted by Gasteiger charge is -2.23. The van der Waals surface area contributed by atoms with E-state index in [-0.39, 0.29) is 23.0 Å². The second kappa shape index (κ2) is 10.3. The molecule has 3 fully saturated rings. The van der Waals surface area contributed by atoms with Crippen LogP contribution in [-0.2, 0) is 6.18 Å². The highest BCUT2D eigenvalue weighted by Crippen LogP contribution is 2.59. The van der Waals surface area contributed by atoms with Gasteiger partial charge in [0.2, 0.25) is 0 Å². The molecule has 2 saturated carbocycles. The molecular formula is C26H31F5N8O. The van der Waals surface area contributed by atoms with Crippen LogP contribution >= 0.6 is 0 Å². The van der Waals surface area contributed by atoms with Crippen molar-refractivity contribution in [2.24, 2.45) is 16.9 Å². The van der Waals surface area contributed by atoms with Gasteiger partial charge in [0.05, 0.1) is 17.3 Å². The molecule has 1 aromatic carbocycles. The number of hydrazine groups is 2. The number of benzene rings is 1. The number of nitrogens with zero attached hydrogens (tertiary/aromatic N) is 4. The molecule has 4 N–H and O–H groups in total. The minimum atomic E-state index is -4.56. The molecule has 216 valence electrons. The number of carbonyl (C=O) groups is 1. The summed E-state index contributed by atoms with van der Waals surface area (Å²) in [5, 5.41) is 11.6. The number of amidine groups is 1. The van der Waals surface area contributed by atoms with Crippen molar-refractivity contribution in [3.8, 4) is 11.3 Å². The molecule has 2 unspecified atom stereocenters. The fraction of sp³-hybridized carbons (Fsp3) is 0.577. The average molecular weight is 567 g/mol. The monoisotopic (exact) mass is 566 g/mol. The van der Waals surface area contributed by atoms with E-state index in [4.69, 9.17) is 0 Å². The Bertz CT molecular complexity index is 1270. The fourth-order valence-corrected chi connectivity index (χ4v) is 6.24. The van der Waals surface area contributed by atoms with E-state index < -0.39 is 41.4 Å². The maximum Gasteiger partial charge on any atom is 0.417 e. The molecule has 40 heavy (non-hydrogen) atoms. The summed E-state index contributed by atoms with van der Waals surface area (Å²) in [6, 6.07) is 6.25. The normalized spacial score (nSPS) is 24.8. The number of rotatable bonds is 9. The number of likely N-dealkylation sites (tertiary alicyclic amines) is 1. The Kier molecular flexibility index (Phi) is 6.93. The maximum absolute atomic E-state index is 13.9. The number of fused-ring (bicyclic) bond motifs is 1. The second-order valence-corrected chi connectivity index (χ2v) is 11.1. The second-order valence-electron chi connectivity index (χ2n) is 11.1. The van der Waals surface area contributed by atoms with Gasteiger partial charge in [-0.15, -0.1) is 10.6 Å². The van der Waals surface area contributed by atoms with Gasteiger partial charge in [0.15, 0.2) is 5.69 Å². The molecule has 1 saturated heterocycles. The third-order valence-corrected chi connectivity index (χ3v) is 8.44. The molecule has 2 aliphatic carbocycles. The van der Waals surface area contributed by atoms with Crippen molar-refractivity contribution >= 4 is 11.7 Å². The van der Waals surface area contributed by atoms with E-state index in [1.807, 2.05) is 4.90 Å². The summed E-state index contributed by atoms with van der Waals surface area (Å²) >= 11 is 0. The topological polar surface area (TPSA) is 98.6 Å². The zero-order valence-electron chi connectivity index (χ0n) is 21.6. The first kappa shape index (κ1) is 26.9. The average Bonchev–Trinajstić information content (AvgIpc) is 3.62. The predicted molar refractivity (Wildman–Crippen MR) is 136 cm³/mol. The third kappa shape index (κ3) is 5.26. The van der Waals surface area contributed by atoms with Gasteiger partial charge in [-0.1, -0.05) is 31.0 Å². The zero-order chi connectivity index (χ0) is 28.1. The molecule has 0 bridgehead atoms. The van der Waals surface area contributed by atoms with Crippen LogP contribution in [0.1, 0.15) is 60.6 Å². The molecule has 2 aromatic rings. The number of hydrazone groups is 1. The van der Waals surface area contributed by atoms with Crippen molar-refractivity contribution in [2.45, 2.75) is 62.7 Å². The number of nitrogens with one attached hydrogen (secondary N) is 4. The molecule has 1 amide bonds. The van der Waals surface area contributed by atoms with Gasteiger partial charge in [-0.05, 0) is 31.4 Å². The highest BCUT2D eigenvalue weighted by Gasteiger charge is 2.71. The Morgan fingerprint density at radius 2 is 1.88 bits per heavy atom. The predicted octanol–water partition coefficient (Wildman–Crippen LogP) is 3.69. The lowest BCUT2D eigenvalue weighted by molar-refractivity contribution is -0.137. The summed E-state index contributed by atoms with van der Waals surface area (Å²) in [4.78, 5) is 15.4. The van der Waals surface area contributed by atoms with Crippen LogP contribution in [0.2, 0.25) is 0 Å². The van der Waals surface area contributed by atoms with Crippen molar-refractivity contribution in [2.75, 3.05) is 19.6 Å². The molecule has 0 radical (unpaired) electrons. The largest absolute Gasteiger partial charge is 0.417 e. The van der Waals surface area contributed by atoms with Gasteiger partial charge in [0.25, 0.3) is 11.8 Å². The highest BCUT2D eigenvalue weighted by atomic mass is 19.4. The van der Waals surface area contributed by atoms with Crippen molar-refractivity contribution in [1.29, 1.82) is 0 Å². The fourth-order valence-electron chi connectivity index (χ4n) is 6.24. The van der Waals surface area contributed by atoms with Crippen molar-refractivity contribution in [1.82, 2.24) is 36.5 Å². The summed E-state index contributed by atoms with van der Waals surface area (Å²) in [6.45, 7) is 1.17. The minimum Gasteiger partial charge on any atom is -0.347 e. The number of amides is 1. The van der Waals surface area contributed by atoms with E-state index >= 15 is 0 Å². The molecule has 1 aromatic heterocycles. The number of hydrogen-bond donors (Lipinski definition) is 4. The summed E-state index contributed by atoms with van der Waals surface area (Å²) in [6.07, 6.45) is -0.332. The Balaban J connectivity index is 1.22. The first-order valence-corrected chi connectivity index (χ1v) is 13.6. The summed E-state index contributed by atoms with van der Waals surface area (Å²) in [7, 11) is 0. The van der Waals surface area contributed by atoms with Crippen LogP contribution < -0.4 is 21.8 Å². The molecule has 9 nitrogen and oxygen atoms in total. The van der Waals surface area contributed by atoms with Crippen LogP contribution in [0.15, 0.2) is 35.4 Å². The highest BCUT2D eigenvalue weighted by molar-refractivity contribution is 5.94. The maximum atomic E-state index is 13.9. The van der Waals surface area contributed by atoms with Crippen LogP contribution in [-0.4, -0.2) is 58.0 Å². The number of piperidine rings is 1. The number of halogens is 5. The number of carbonyl (C=O) groups excluding carboxylic acids is 1. The van der Waals surface area contributed by atoms with Crippen molar-refractivity contribution in [3.05, 3.63) is 41.6 Å². The van der Waals surface area contributed by atoms with E-state index in [2.05, 4.69) is 32.0 Å². The Morgan fingerprint density at radius 3 is 2.55 bits per heavy atom. The quantitative estimate of drug-likeness (QED) is 0.346. The minimum absolute atomic E-state index is 0.0175. The van der Waals surface area contributed by atoms with Gasteiger partial charge in [-0.25, -0.2) is 14.3 Å².